The Morgan fingerprint density at radius 3 is 1.58 bits per heavy atom. The molecule has 0 saturated carbocycles. The number of nitrogens with one attached hydrogen (secondary N) is 1. The highest BCUT2D eigenvalue weighted by molar-refractivity contribution is 9.09. The maximum absolute atomic E-state index is 12.4. The van der Waals surface area contributed by atoms with Crippen LogP contribution in [0.3, 0.4) is 0 Å². The maximum atomic E-state index is 12.4. The Bertz CT molecular complexity index is 777. The predicted octanol–water partition coefficient (Wildman–Crippen LogP) is 4.88. The number of hydrogen-bond acceptors (Lipinski definition) is 1. The van der Waals surface area contributed by atoms with Gasteiger partial charge in [0.15, 0.2) is 0 Å². The molecule has 0 aliphatic rings. The fraction of sp³-hybridized carbons (Fsp3) is 0.174. The summed E-state index contributed by atoms with van der Waals surface area (Å²) in [4.78, 5) is 12.4. The lowest BCUT2D eigenvalue weighted by molar-refractivity contribution is -0.120. The monoisotopic (exact) mass is 407 g/mol. The molecule has 2 nitrogen and oxygen atoms in total. The topological polar surface area (TPSA) is 29.1 Å². The summed E-state index contributed by atoms with van der Waals surface area (Å²) in [6.45, 7) is 0. The van der Waals surface area contributed by atoms with Crippen molar-refractivity contribution in [3.63, 3.8) is 0 Å². The van der Waals surface area contributed by atoms with Gasteiger partial charge in [-0.1, -0.05) is 107 Å². The number of hydrogen-bond donors (Lipinski definition) is 1. The quantitative estimate of drug-likeness (QED) is 0.555. The summed E-state index contributed by atoms with van der Waals surface area (Å²) in [6.07, 6.45) is 1.46. The third-order valence-electron chi connectivity index (χ3n) is 4.52. The number of amides is 1. The fourth-order valence-electron chi connectivity index (χ4n) is 3.37. The minimum atomic E-state index is -0.505. The molecule has 3 rings (SSSR count). The highest BCUT2D eigenvalue weighted by Crippen LogP contribution is 2.30. The van der Waals surface area contributed by atoms with Gasteiger partial charge in [-0.2, -0.15) is 0 Å². The molecular formula is C23H22BrNO. The summed E-state index contributed by atoms with van der Waals surface area (Å²) in [5, 5.41) is 3.59. The zero-order chi connectivity index (χ0) is 18.2. The number of carbonyl (C=O) groups excluding carboxylic acids is 1. The molecule has 0 atom stereocenters. The second-order valence-electron chi connectivity index (χ2n) is 6.45. The Morgan fingerprint density at radius 1 is 0.731 bits per heavy atom. The smallest absolute Gasteiger partial charge is 0.231 e. The highest BCUT2D eigenvalue weighted by Gasteiger charge is 2.34. The van der Waals surface area contributed by atoms with E-state index in [0.717, 1.165) is 18.4 Å². The van der Waals surface area contributed by atoms with Crippen LogP contribution in [-0.4, -0.2) is 11.2 Å². The Labute approximate surface area is 163 Å². The number of benzene rings is 3. The average Bonchev–Trinajstić information content (AvgIpc) is 2.70. The van der Waals surface area contributed by atoms with Gasteiger partial charge in [0.05, 0.1) is 10.9 Å². The van der Waals surface area contributed by atoms with E-state index < -0.39 is 5.54 Å². The highest BCUT2D eigenvalue weighted by atomic mass is 79.9. The maximum Gasteiger partial charge on any atom is 0.231 e. The number of carbonyl (C=O) groups is 1. The van der Waals surface area contributed by atoms with Crippen molar-refractivity contribution in [2.75, 3.05) is 5.33 Å². The van der Waals surface area contributed by atoms with E-state index in [1.165, 1.54) is 11.1 Å². The van der Waals surface area contributed by atoms with Gasteiger partial charge >= 0.3 is 0 Å². The summed E-state index contributed by atoms with van der Waals surface area (Å²) in [6, 6.07) is 30.9. The summed E-state index contributed by atoms with van der Waals surface area (Å²) in [5.41, 5.74) is 3.00. The van der Waals surface area contributed by atoms with Gasteiger partial charge in [-0.3, -0.25) is 4.79 Å². The molecule has 0 aliphatic heterocycles. The van der Waals surface area contributed by atoms with Gasteiger partial charge < -0.3 is 5.32 Å². The van der Waals surface area contributed by atoms with E-state index in [-0.39, 0.29) is 11.2 Å². The Balaban J connectivity index is 2.07. The van der Waals surface area contributed by atoms with Gasteiger partial charge in [0.2, 0.25) is 5.91 Å². The largest absolute Gasteiger partial charge is 0.345 e. The average molecular weight is 408 g/mol. The van der Waals surface area contributed by atoms with Gasteiger partial charge in [-0.25, -0.2) is 0 Å². The van der Waals surface area contributed by atoms with Gasteiger partial charge in [0.25, 0.3) is 0 Å². The van der Waals surface area contributed by atoms with Crippen molar-refractivity contribution >= 4 is 21.8 Å². The van der Waals surface area contributed by atoms with Crippen molar-refractivity contribution in [2.24, 2.45) is 0 Å². The third kappa shape index (κ3) is 4.61. The molecule has 0 aromatic heterocycles. The zero-order valence-corrected chi connectivity index (χ0v) is 16.2. The molecule has 3 aromatic rings. The van der Waals surface area contributed by atoms with Gasteiger partial charge in [-0.15, -0.1) is 0 Å². The lowest BCUT2D eigenvalue weighted by Gasteiger charge is -2.36. The molecule has 0 radical (unpaired) electrons. The van der Waals surface area contributed by atoms with Gasteiger partial charge in [0, 0.05) is 12.8 Å². The third-order valence-corrected chi connectivity index (χ3v) is 5.03. The second-order valence-corrected chi connectivity index (χ2v) is 7.02. The molecule has 3 aromatic carbocycles. The van der Waals surface area contributed by atoms with E-state index in [1.54, 1.807) is 0 Å². The first-order valence-corrected chi connectivity index (χ1v) is 9.84. The van der Waals surface area contributed by atoms with E-state index in [2.05, 4.69) is 57.6 Å². The molecule has 0 saturated heterocycles. The minimum Gasteiger partial charge on any atom is -0.345 e. The summed E-state index contributed by atoms with van der Waals surface area (Å²) in [7, 11) is 0. The van der Waals surface area contributed by atoms with E-state index >= 15 is 0 Å². The Hall–Kier alpha value is -2.39. The van der Waals surface area contributed by atoms with Crippen LogP contribution in [-0.2, 0) is 23.2 Å². The van der Waals surface area contributed by atoms with Crippen molar-refractivity contribution in [3.05, 3.63) is 108 Å². The van der Waals surface area contributed by atoms with Crippen molar-refractivity contribution in [2.45, 2.75) is 18.4 Å². The molecule has 3 heteroatoms. The normalized spacial score (nSPS) is 11.1. The minimum absolute atomic E-state index is 0.0132. The van der Waals surface area contributed by atoms with Gasteiger partial charge in [0.1, 0.15) is 0 Å². The van der Waals surface area contributed by atoms with Crippen LogP contribution in [0, 0.1) is 0 Å². The van der Waals surface area contributed by atoms with E-state index in [0.29, 0.717) is 0 Å². The predicted molar refractivity (Wildman–Crippen MR) is 110 cm³/mol. The van der Waals surface area contributed by atoms with Crippen LogP contribution in [0.4, 0.5) is 0 Å². The van der Waals surface area contributed by atoms with Gasteiger partial charge in [-0.05, 0) is 16.7 Å². The standard InChI is InChI=1S/C23H22BrNO/c24-18-22(26)25-23(21-14-8-3-9-15-21,16-19-10-4-1-5-11-19)17-20-12-6-2-7-13-20/h1-15H,16-18H2,(H,25,26). The molecular weight excluding hydrogens is 386 g/mol. The molecule has 0 spiro atoms. The number of rotatable bonds is 7. The van der Waals surface area contributed by atoms with Crippen molar-refractivity contribution in [1.29, 1.82) is 0 Å². The first-order chi connectivity index (χ1) is 12.7. The summed E-state index contributed by atoms with van der Waals surface area (Å²) < 4.78 is 0. The zero-order valence-electron chi connectivity index (χ0n) is 14.6. The number of alkyl halides is 1. The Kier molecular flexibility index (Phi) is 6.24. The molecule has 0 aliphatic carbocycles. The molecule has 0 bridgehead atoms. The van der Waals surface area contributed by atoms with Crippen LogP contribution in [0.15, 0.2) is 91.0 Å². The van der Waals surface area contributed by atoms with Crippen LogP contribution in [0.5, 0.6) is 0 Å². The molecule has 1 N–H and O–H groups in total. The number of halogens is 1. The van der Waals surface area contributed by atoms with Crippen LogP contribution in [0.1, 0.15) is 16.7 Å². The van der Waals surface area contributed by atoms with Crippen molar-refractivity contribution in [1.82, 2.24) is 5.32 Å². The van der Waals surface area contributed by atoms with Crippen LogP contribution in [0.25, 0.3) is 0 Å². The van der Waals surface area contributed by atoms with Crippen LogP contribution < -0.4 is 5.32 Å². The lowest BCUT2D eigenvalue weighted by atomic mass is 9.78. The summed E-state index contributed by atoms with van der Waals surface area (Å²) in [5.74, 6) is -0.0132. The lowest BCUT2D eigenvalue weighted by Crippen LogP contribution is -2.49. The second kappa shape index (κ2) is 8.81. The molecule has 0 unspecified atom stereocenters. The van der Waals surface area contributed by atoms with Crippen molar-refractivity contribution in [3.8, 4) is 0 Å². The van der Waals surface area contributed by atoms with Crippen LogP contribution >= 0.6 is 15.9 Å². The molecule has 1 amide bonds. The van der Waals surface area contributed by atoms with E-state index in [9.17, 15) is 4.79 Å². The fourth-order valence-corrected chi connectivity index (χ4v) is 3.51. The first kappa shape index (κ1) is 18.4. The molecule has 26 heavy (non-hydrogen) atoms. The first-order valence-electron chi connectivity index (χ1n) is 8.72. The molecule has 0 fully saturated rings. The van der Waals surface area contributed by atoms with E-state index in [4.69, 9.17) is 0 Å². The molecule has 132 valence electrons. The van der Waals surface area contributed by atoms with Crippen molar-refractivity contribution < 1.29 is 4.79 Å². The Morgan fingerprint density at radius 2 is 1.15 bits per heavy atom. The summed E-state index contributed by atoms with van der Waals surface area (Å²) >= 11 is 3.30. The SMILES string of the molecule is O=C(CBr)NC(Cc1ccccc1)(Cc1ccccc1)c1ccccc1. The van der Waals surface area contributed by atoms with Crippen LogP contribution in [0.2, 0.25) is 0 Å². The molecule has 0 heterocycles. The van der Waals surface area contributed by atoms with E-state index in [1.807, 2.05) is 54.6 Å².